The summed E-state index contributed by atoms with van der Waals surface area (Å²) in [6.07, 6.45) is -2.17. The molecule has 0 aliphatic carbocycles. The average Bonchev–Trinajstić information content (AvgIpc) is 2.89. The van der Waals surface area contributed by atoms with E-state index in [2.05, 4.69) is 27.2 Å². The van der Waals surface area contributed by atoms with Gasteiger partial charge in [0.25, 0.3) is 0 Å². The monoisotopic (exact) mass is 525 g/mol. The van der Waals surface area contributed by atoms with Crippen LogP contribution in [0.25, 0.3) is 16.8 Å². The third-order valence-corrected chi connectivity index (χ3v) is 5.90. The van der Waals surface area contributed by atoms with Gasteiger partial charge in [-0.25, -0.2) is 18.7 Å². The molecule has 0 aliphatic heterocycles. The summed E-state index contributed by atoms with van der Waals surface area (Å²) in [5.74, 6) is -1.36. The molecule has 0 saturated heterocycles. The summed E-state index contributed by atoms with van der Waals surface area (Å²) >= 11 is 0. The second kappa shape index (κ2) is 10.9. The molecule has 2 heterocycles. The van der Waals surface area contributed by atoms with Crippen molar-refractivity contribution in [3.8, 4) is 11.1 Å². The van der Waals surface area contributed by atoms with Crippen LogP contribution in [0.4, 0.5) is 33.6 Å². The van der Waals surface area contributed by atoms with Gasteiger partial charge in [0.2, 0.25) is 0 Å². The molecule has 4 rings (SSSR count). The zero-order valence-corrected chi connectivity index (χ0v) is 20.3. The standard InChI is InChI=1S/C28H24F5N5/c1-16-9-21(14-36-26(16)34)20-6-3-18(4-7-20)12-37-27-23(11-22(15-38-27)28(31,32)33)17(2)35-13-19-5-8-24(29)25(30)10-19/h3-11,14-15,35H,2,12-13H2,1H3,(H2,34,36)(H,37,38). The van der Waals surface area contributed by atoms with Crippen molar-refractivity contribution in [2.24, 2.45) is 0 Å². The second-order valence-corrected chi connectivity index (χ2v) is 8.68. The maximum Gasteiger partial charge on any atom is 0.417 e. The Labute approximate surface area is 216 Å². The van der Waals surface area contributed by atoms with Crippen LogP contribution in [0.5, 0.6) is 0 Å². The molecule has 0 amide bonds. The summed E-state index contributed by atoms with van der Waals surface area (Å²) < 4.78 is 66.8. The summed E-state index contributed by atoms with van der Waals surface area (Å²) in [7, 11) is 0. The third-order valence-electron chi connectivity index (χ3n) is 5.90. The van der Waals surface area contributed by atoms with Crippen molar-refractivity contribution in [1.29, 1.82) is 0 Å². The molecule has 38 heavy (non-hydrogen) atoms. The summed E-state index contributed by atoms with van der Waals surface area (Å²) in [5.41, 5.74) is 9.05. The Kier molecular flexibility index (Phi) is 7.61. The van der Waals surface area contributed by atoms with Gasteiger partial charge in [0, 0.05) is 42.3 Å². The number of nitrogen functional groups attached to an aromatic ring is 1. The number of nitrogens with one attached hydrogen (secondary N) is 2. The number of aromatic nitrogens is 2. The first-order valence-electron chi connectivity index (χ1n) is 11.5. The van der Waals surface area contributed by atoms with Crippen LogP contribution in [0, 0.1) is 18.6 Å². The number of halogens is 5. The molecule has 0 fully saturated rings. The smallest absolute Gasteiger partial charge is 0.383 e. The largest absolute Gasteiger partial charge is 0.417 e. The van der Waals surface area contributed by atoms with Crippen LogP contribution < -0.4 is 16.4 Å². The molecule has 0 unspecified atom stereocenters. The predicted octanol–water partition coefficient (Wildman–Crippen LogP) is 6.70. The van der Waals surface area contributed by atoms with E-state index < -0.39 is 23.4 Å². The molecule has 2 aromatic carbocycles. The molecule has 0 atom stereocenters. The Bertz CT molecular complexity index is 1470. The average molecular weight is 526 g/mol. The maximum absolute atomic E-state index is 13.5. The van der Waals surface area contributed by atoms with Gasteiger partial charge in [-0.3, -0.25) is 0 Å². The van der Waals surface area contributed by atoms with Crippen LogP contribution >= 0.6 is 0 Å². The first kappa shape index (κ1) is 26.6. The lowest BCUT2D eigenvalue weighted by molar-refractivity contribution is -0.137. The van der Waals surface area contributed by atoms with Crippen molar-refractivity contribution in [2.45, 2.75) is 26.2 Å². The summed E-state index contributed by atoms with van der Waals surface area (Å²) in [6.45, 7) is 6.01. The molecule has 2 aromatic heterocycles. The number of nitrogens with zero attached hydrogens (tertiary/aromatic N) is 2. The zero-order chi connectivity index (χ0) is 27.4. The van der Waals surface area contributed by atoms with Gasteiger partial charge in [0.05, 0.1) is 5.56 Å². The van der Waals surface area contributed by atoms with Gasteiger partial charge in [-0.2, -0.15) is 13.2 Å². The number of hydrogen-bond donors (Lipinski definition) is 3. The number of rotatable bonds is 8. The van der Waals surface area contributed by atoms with E-state index in [1.165, 1.54) is 6.07 Å². The van der Waals surface area contributed by atoms with Gasteiger partial charge in [-0.1, -0.05) is 36.9 Å². The molecule has 5 nitrogen and oxygen atoms in total. The van der Waals surface area contributed by atoms with E-state index >= 15 is 0 Å². The van der Waals surface area contributed by atoms with E-state index in [0.717, 1.165) is 46.6 Å². The van der Waals surface area contributed by atoms with Crippen molar-refractivity contribution in [1.82, 2.24) is 15.3 Å². The highest BCUT2D eigenvalue weighted by atomic mass is 19.4. The van der Waals surface area contributed by atoms with Crippen molar-refractivity contribution >= 4 is 17.3 Å². The van der Waals surface area contributed by atoms with Crippen molar-refractivity contribution in [3.63, 3.8) is 0 Å². The fourth-order valence-electron chi connectivity index (χ4n) is 3.69. The number of hydrogen-bond acceptors (Lipinski definition) is 5. The molecule has 0 bridgehead atoms. The number of nitrogens with two attached hydrogens (primary N) is 1. The molecular formula is C28H24F5N5. The zero-order valence-electron chi connectivity index (χ0n) is 20.3. The van der Waals surface area contributed by atoms with E-state index in [4.69, 9.17) is 5.73 Å². The predicted molar refractivity (Wildman–Crippen MR) is 138 cm³/mol. The van der Waals surface area contributed by atoms with Crippen molar-refractivity contribution in [2.75, 3.05) is 11.1 Å². The maximum atomic E-state index is 13.5. The first-order chi connectivity index (χ1) is 18.0. The lowest BCUT2D eigenvalue weighted by Gasteiger charge is -2.17. The fraction of sp³-hybridized carbons (Fsp3) is 0.143. The van der Waals surface area contributed by atoms with Gasteiger partial charge >= 0.3 is 6.18 Å². The summed E-state index contributed by atoms with van der Waals surface area (Å²) in [6, 6.07) is 13.8. The molecule has 4 N–H and O–H groups in total. The van der Waals surface area contributed by atoms with Crippen LogP contribution in [0.3, 0.4) is 0 Å². The van der Waals surface area contributed by atoms with Crippen molar-refractivity contribution in [3.05, 3.63) is 113 Å². The molecule has 10 heteroatoms. The Morgan fingerprint density at radius 2 is 1.58 bits per heavy atom. The topological polar surface area (TPSA) is 75.9 Å². The van der Waals surface area contributed by atoms with E-state index in [0.29, 0.717) is 11.4 Å². The van der Waals surface area contributed by atoms with Gasteiger partial charge in [-0.05, 0) is 53.4 Å². The van der Waals surface area contributed by atoms with Crippen LogP contribution in [0.2, 0.25) is 0 Å². The van der Waals surface area contributed by atoms with Crippen LogP contribution in [-0.2, 0) is 19.3 Å². The number of pyridine rings is 2. The number of anilines is 2. The van der Waals surface area contributed by atoms with Crippen LogP contribution in [0.15, 0.2) is 73.6 Å². The van der Waals surface area contributed by atoms with Gasteiger partial charge in [0.15, 0.2) is 11.6 Å². The third kappa shape index (κ3) is 6.26. The number of benzene rings is 2. The Hall–Kier alpha value is -4.47. The summed E-state index contributed by atoms with van der Waals surface area (Å²) in [4.78, 5) is 8.16. The first-order valence-corrected chi connectivity index (χ1v) is 11.5. The minimum atomic E-state index is -4.61. The van der Waals surface area contributed by atoms with E-state index in [-0.39, 0.29) is 30.2 Å². The molecule has 4 aromatic rings. The fourth-order valence-corrected chi connectivity index (χ4v) is 3.69. The van der Waals surface area contributed by atoms with Gasteiger partial charge in [0.1, 0.15) is 11.6 Å². The lowest BCUT2D eigenvalue weighted by Crippen LogP contribution is -2.16. The lowest BCUT2D eigenvalue weighted by atomic mass is 10.0. The Morgan fingerprint density at radius 3 is 2.24 bits per heavy atom. The second-order valence-electron chi connectivity index (χ2n) is 8.68. The Morgan fingerprint density at radius 1 is 0.868 bits per heavy atom. The van der Waals surface area contributed by atoms with Crippen LogP contribution in [0.1, 0.15) is 27.8 Å². The minimum absolute atomic E-state index is 0.0205. The molecule has 0 spiro atoms. The normalized spacial score (nSPS) is 11.3. The SMILES string of the molecule is C=C(NCc1ccc(F)c(F)c1)c1cc(C(F)(F)F)cnc1NCc1ccc(-c2cnc(N)c(C)c2)cc1. The molecule has 0 radical (unpaired) electrons. The van der Waals surface area contributed by atoms with Gasteiger partial charge in [-0.15, -0.1) is 0 Å². The highest BCUT2D eigenvalue weighted by Gasteiger charge is 2.32. The van der Waals surface area contributed by atoms with Gasteiger partial charge < -0.3 is 16.4 Å². The minimum Gasteiger partial charge on any atom is -0.383 e. The molecular weight excluding hydrogens is 501 g/mol. The molecule has 0 aliphatic rings. The van der Waals surface area contributed by atoms with E-state index in [9.17, 15) is 22.0 Å². The summed E-state index contributed by atoms with van der Waals surface area (Å²) in [5, 5.41) is 5.93. The quantitative estimate of drug-likeness (QED) is 0.223. The highest BCUT2D eigenvalue weighted by molar-refractivity contribution is 5.72. The molecule has 0 saturated carbocycles. The van der Waals surface area contributed by atoms with E-state index in [1.54, 1.807) is 6.20 Å². The number of aryl methyl sites for hydroxylation is 1. The molecule has 196 valence electrons. The number of alkyl halides is 3. The Balaban J connectivity index is 1.50. The van der Waals surface area contributed by atoms with E-state index in [1.807, 2.05) is 37.3 Å². The van der Waals surface area contributed by atoms with Crippen molar-refractivity contribution < 1.29 is 22.0 Å². The highest BCUT2D eigenvalue weighted by Crippen LogP contribution is 2.32. The van der Waals surface area contributed by atoms with Crippen LogP contribution in [-0.4, -0.2) is 9.97 Å².